The maximum absolute atomic E-state index is 11.6. The van der Waals surface area contributed by atoms with Crippen LogP contribution in [-0.4, -0.2) is 23.3 Å². The summed E-state index contributed by atoms with van der Waals surface area (Å²) in [6.07, 6.45) is 3.84. The first kappa shape index (κ1) is 11.7. The Bertz CT molecular complexity index is 395. The second-order valence-electron chi connectivity index (χ2n) is 3.69. The Balaban J connectivity index is 2.11. The minimum absolute atomic E-state index is 0.169. The van der Waals surface area contributed by atoms with Crippen molar-refractivity contribution in [1.29, 1.82) is 0 Å². The average Bonchev–Trinajstić information content (AvgIpc) is 3.11. The van der Waals surface area contributed by atoms with Gasteiger partial charge in [0, 0.05) is 6.20 Å². The number of carbonyl (C=O) groups is 1. The molecule has 1 heterocycles. The lowest BCUT2D eigenvalue weighted by molar-refractivity contribution is -0.140. The summed E-state index contributed by atoms with van der Waals surface area (Å²) in [6.45, 7) is 0. The van der Waals surface area contributed by atoms with Gasteiger partial charge in [-0.15, -0.1) is 0 Å². The molecule has 86 valence electrons. The van der Waals surface area contributed by atoms with Crippen molar-refractivity contribution in [3.05, 3.63) is 23.4 Å². The molecule has 1 saturated carbocycles. The van der Waals surface area contributed by atoms with Crippen LogP contribution in [0.3, 0.4) is 0 Å². The van der Waals surface area contributed by atoms with E-state index >= 15 is 0 Å². The zero-order chi connectivity index (χ0) is 11.5. The number of carbonyl (C=O) groups excluding carboxylic acids is 1. The van der Waals surface area contributed by atoms with Crippen LogP contribution in [0.5, 0.6) is 0 Å². The zero-order valence-electron chi connectivity index (χ0n) is 8.85. The first-order valence-corrected chi connectivity index (χ1v) is 6.33. The highest BCUT2D eigenvalue weighted by Crippen LogP contribution is 2.43. The largest absolute Gasteiger partial charge is 0.468 e. The van der Waals surface area contributed by atoms with Crippen LogP contribution in [0.15, 0.2) is 23.4 Å². The summed E-state index contributed by atoms with van der Waals surface area (Å²) in [4.78, 5) is 15.8. The van der Waals surface area contributed by atoms with E-state index in [1.165, 1.54) is 18.9 Å². The first-order valence-electron chi connectivity index (χ1n) is 5.07. The van der Waals surface area contributed by atoms with Crippen molar-refractivity contribution in [2.75, 3.05) is 7.11 Å². The summed E-state index contributed by atoms with van der Waals surface area (Å²) < 4.78 is 4.80. The smallest absolute Gasteiger partial charge is 0.319 e. The second-order valence-corrected chi connectivity index (χ2v) is 5.23. The molecule has 0 spiro atoms. The van der Waals surface area contributed by atoms with E-state index in [0.29, 0.717) is 16.0 Å². The number of pyridine rings is 1. The molecule has 1 aliphatic rings. The topological polar surface area (TPSA) is 39.2 Å². The molecule has 0 bridgehead atoms. The molecule has 0 radical (unpaired) electrons. The van der Waals surface area contributed by atoms with Crippen LogP contribution in [0, 0.1) is 5.92 Å². The van der Waals surface area contributed by atoms with Crippen molar-refractivity contribution in [3.8, 4) is 0 Å². The minimum Gasteiger partial charge on any atom is -0.468 e. The molecule has 0 aliphatic heterocycles. The molecule has 1 unspecified atom stereocenters. The van der Waals surface area contributed by atoms with Gasteiger partial charge in [-0.3, -0.25) is 4.79 Å². The molecule has 0 N–H and O–H groups in total. The van der Waals surface area contributed by atoms with Gasteiger partial charge in [0.25, 0.3) is 0 Å². The van der Waals surface area contributed by atoms with Gasteiger partial charge in [0.1, 0.15) is 10.3 Å². The number of hydrogen-bond donors (Lipinski definition) is 0. The van der Waals surface area contributed by atoms with Gasteiger partial charge in [-0.2, -0.15) is 0 Å². The van der Waals surface area contributed by atoms with Crippen molar-refractivity contribution in [3.63, 3.8) is 0 Å². The summed E-state index contributed by atoms with van der Waals surface area (Å²) in [5.41, 5.74) is 0. The highest BCUT2D eigenvalue weighted by atomic mass is 35.5. The Morgan fingerprint density at radius 2 is 2.44 bits per heavy atom. The Kier molecular flexibility index (Phi) is 3.71. The number of esters is 1. The molecule has 0 saturated heterocycles. The number of halogens is 1. The van der Waals surface area contributed by atoms with Crippen LogP contribution in [-0.2, 0) is 9.53 Å². The lowest BCUT2D eigenvalue weighted by atomic mass is 10.3. The zero-order valence-corrected chi connectivity index (χ0v) is 10.4. The van der Waals surface area contributed by atoms with Crippen molar-refractivity contribution in [2.24, 2.45) is 5.92 Å². The quantitative estimate of drug-likeness (QED) is 0.614. The molecule has 1 atom stereocenters. The second kappa shape index (κ2) is 5.06. The molecule has 1 fully saturated rings. The Morgan fingerprint density at radius 3 is 3.00 bits per heavy atom. The highest BCUT2D eigenvalue weighted by molar-refractivity contribution is 8.00. The maximum atomic E-state index is 11.6. The standard InChI is InChI=1S/C11H12ClNO2S/c1-15-11(14)9(7-4-5-7)16-10-8(12)3-2-6-13-10/h2-3,6-7,9H,4-5H2,1H3. The van der Waals surface area contributed by atoms with Crippen molar-refractivity contribution in [1.82, 2.24) is 4.98 Å². The third kappa shape index (κ3) is 2.68. The number of nitrogens with zero attached hydrogens (tertiary/aromatic N) is 1. The van der Waals surface area contributed by atoms with Crippen LogP contribution >= 0.6 is 23.4 Å². The van der Waals surface area contributed by atoms with E-state index in [-0.39, 0.29) is 11.2 Å². The fraction of sp³-hybridized carbons (Fsp3) is 0.455. The third-order valence-electron chi connectivity index (χ3n) is 2.45. The maximum Gasteiger partial charge on any atom is 0.319 e. The van der Waals surface area contributed by atoms with Crippen molar-refractivity contribution in [2.45, 2.75) is 23.1 Å². The molecule has 1 aromatic heterocycles. The van der Waals surface area contributed by atoms with Gasteiger partial charge >= 0.3 is 5.97 Å². The van der Waals surface area contributed by atoms with Crippen LogP contribution in [0.25, 0.3) is 0 Å². The van der Waals surface area contributed by atoms with E-state index in [0.717, 1.165) is 12.8 Å². The fourth-order valence-electron chi connectivity index (χ4n) is 1.43. The summed E-state index contributed by atoms with van der Waals surface area (Å²) in [5.74, 6) is 0.227. The van der Waals surface area contributed by atoms with Gasteiger partial charge in [-0.25, -0.2) is 4.98 Å². The average molecular weight is 258 g/mol. The van der Waals surface area contributed by atoms with Crippen molar-refractivity contribution < 1.29 is 9.53 Å². The Morgan fingerprint density at radius 1 is 1.69 bits per heavy atom. The van der Waals surface area contributed by atoms with E-state index in [1.807, 2.05) is 0 Å². The van der Waals surface area contributed by atoms with Gasteiger partial charge < -0.3 is 4.74 Å². The molecule has 0 aromatic carbocycles. The normalized spacial score (nSPS) is 16.9. The van der Waals surface area contributed by atoms with Gasteiger partial charge in [0.05, 0.1) is 12.1 Å². The number of methoxy groups -OCH3 is 1. The van der Waals surface area contributed by atoms with Crippen LogP contribution in [0.2, 0.25) is 5.02 Å². The van der Waals surface area contributed by atoms with Gasteiger partial charge in [-0.1, -0.05) is 23.4 Å². The SMILES string of the molecule is COC(=O)C(Sc1ncccc1Cl)C1CC1. The van der Waals surface area contributed by atoms with E-state index in [2.05, 4.69) is 4.98 Å². The molecule has 1 aromatic rings. The van der Waals surface area contributed by atoms with Crippen molar-refractivity contribution >= 4 is 29.3 Å². The first-order chi connectivity index (χ1) is 7.72. The Hall–Kier alpha value is -0.740. The number of thioether (sulfide) groups is 1. The van der Waals surface area contributed by atoms with Gasteiger partial charge in [0.2, 0.25) is 0 Å². The lowest BCUT2D eigenvalue weighted by Gasteiger charge is -2.13. The number of aromatic nitrogens is 1. The minimum atomic E-state index is -0.186. The monoisotopic (exact) mass is 257 g/mol. The third-order valence-corrected chi connectivity index (χ3v) is 4.24. The number of ether oxygens (including phenoxy) is 1. The van der Waals surface area contributed by atoms with E-state index < -0.39 is 0 Å². The van der Waals surface area contributed by atoms with Crippen LogP contribution in [0.4, 0.5) is 0 Å². The summed E-state index contributed by atoms with van der Waals surface area (Å²) in [6, 6.07) is 3.55. The van der Waals surface area contributed by atoms with E-state index in [4.69, 9.17) is 16.3 Å². The molecule has 0 amide bonds. The number of hydrogen-bond acceptors (Lipinski definition) is 4. The van der Waals surface area contributed by atoms with Gasteiger partial charge in [0.15, 0.2) is 0 Å². The Labute approximate surface area is 104 Å². The number of rotatable bonds is 4. The fourth-order valence-corrected chi connectivity index (χ4v) is 2.89. The molecular formula is C11H12ClNO2S. The predicted molar refractivity (Wildman–Crippen MR) is 63.6 cm³/mol. The highest BCUT2D eigenvalue weighted by Gasteiger charge is 2.38. The summed E-state index contributed by atoms with van der Waals surface area (Å²) >= 11 is 7.41. The molecule has 16 heavy (non-hydrogen) atoms. The predicted octanol–water partition coefficient (Wildman–Crippen LogP) is 2.78. The van der Waals surface area contributed by atoms with E-state index in [1.54, 1.807) is 18.3 Å². The summed E-state index contributed by atoms with van der Waals surface area (Å²) in [7, 11) is 1.41. The molecular weight excluding hydrogens is 246 g/mol. The molecule has 1 aliphatic carbocycles. The van der Waals surface area contributed by atoms with Crippen LogP contribution in [0.1, 0.15) is 12.8 Å². The molecule has 2 rings (SSSR count). The van der Waals surface area contributed by atoms with E-state index in [9.17, 15) is 4.79 Å². The summed E-state index contributed by atoms with van der Waals surface area (Å²) in [5, 5.41) is 1.12. The lowest BCUT2D eigenvalue weighted by Crippen LogP contribution is -2.21. The van der Waals surface area contributed by atoms with Gasteiger partial charge in [-0.05, 0) is 30.9 Å². The molecule has 3 nitrogen and oxygen atoms in total. The van der Waals surface area contributed by atoms with Crippen LogP contribution < -0.4 is 0 Å². The molecule has 5 heteroatoms.